The molecule has 0 saturated carbocycles. The molecule has 0 bridgehead atoms. The lowest BCUT2D eigenvalue weighted by Gasteiger charge is -2.04. The molecule has 8 heteroatoms. The maximum absolute atomic E-state index is 13.2. The normalized spacial score (nSPS) is 10.9. The van der Waals surface area contributed by atoms with Crippen LogP contribution in [-0.2, 0) is 13.1 Å². The molecular weight excluding hydrogens is 448 g/mol. The minimum Gasteiger partial charge on any atom is -0.346 e. The fourth-order valence-corrected chi connectivity index (χ4v) is 3.73. The Bertz CT molecular complexity index is 1390. The van der Waals surface area contributed by atoms with Crippen LogP contribution in [-0.4, -0.2) is 30.7 Å². The molecule has 0 radical (unpaired) electrons. The van der Waals surface area contributed by atoms with Crippen molar-refractivity contribution < 1.29 is 4.79 Å². The van der Waals surface area contributed by atoms with Gasteiger partial charge in [0, 0.05) is 16.8 Å². The number of aromatic nitrogens is 5. The monoisotopic (exact) mass is 468 g/mol. The number of hydrogen-bond acceptors (Lipinski definition) is 4. The summed E-state index contributed by atoms with van der Waals surface area (Å²) in [4.78, 5) is 13.2. The van der Waals surface area contributed by atoms with Gasteiger partial charge in [0.2, 0.25) is 0 Å². The average Bonchev–Trinajstić information content (AvgIpc) is 3.53. The summed E-state index contributed by atoms with van der Waals surface area (Å²) in [7, 11) is 0. The van der Waals surface area contributed by atoms with Crippen LogP contribution < -0.4 is 5.32 Å². The molecule has 34 heavy (non-hydrogen) atoms. The number of nitrogens with one attached hydrogen (secondary N) is 1. The minimum absolute atomic E-state index is 0.228. The summed E-state index contributed by atoms with van der Waals surface area (Å²) in [6.07, 6.45) is 3.57. The van der Waals surface area contributed by atoms with Gasteiger partial charge in [-0.05, 0) is 29.8 Å². The third-order valence-corrected chi connectivity index (χ3v) is 5.55. The third-order valence-electron chi connectivity index (χ3n) is 5.30. The molecule has 2 heterocycles. The lowest BCUT2D eigenvalue weighted by atomic mass is 10.1. The van der Waals surface area contributed by atoms with Crippen molar-refractivity contribution >= 4 is 17.5 Å². The van der Waals surface area contributed by atoms with Crippen molar-refractivity contribution in [2.75, 3.05) is 0 Å². The Hall–Kier alpha value is -4.23. The predicted molar refractivity (Wildman–Crippen MR) is 131 cm³/mol. The number of benzene rings is 3. The van der Waals surface area contributed by atoms with Gasteiger partial charge in [0.15, 0.2) is 0 Å². The van der Waals surface area contributed by atoms with Crippen molar-refractivity contribution in [1.82, 2.24) is 30.1 Å². The first kappa shape index (κ1) is 21.6. The predicted octanol–water partition coefficient (Wildman–Crippen LogP) is 4.76. The first-order valence-electron chi connectivity index (χ1n) is 10.8. The van der Waals surface area contributed by atoms with E-state index in [9.17, 15) is 4.79 Å². The largest absolute Gasteiger partial charge is 0.346 e. The first-order valence-corrected chi connectivity index (χ1v) is 11.2. The van der Waals surface area contributed by atoms with Crippen LogP contribution in [0.2, 0.25) is 5.02 Å². The SMILES string of the molecule is O=C(NCc1cn(Cc2ccc(Cl)cc2)nn1)c1cn(-c2ccccc2)nc1-c1ccccc1. The Morgan fingerprint density at radius 1 is 0.882 bits per heavy atom. The van der Waals surface area contributed by atoms with E-state index in [1.807, 2.05) is 91.1 Å². The molecule has 5 aromatic rings. The van der Waals surface area contributed by atoms with Crippen molar-refractivity contribution in [3.8, 4) is 16.9 Å². The van der Waals surface area contributed by atoms with Crippen molar-refractivity contribution in [3.63, 3.8) is 0 Å². The summed E-state index contributed by atoms with van der Waals surface area (Å²) < 4.78 is 3.45. The highest BCUT2D eigenvalue weighted by atomic mass is 35.5. The number of amides is 1. The molecule has 0 saturated heterocycles. The lowest BCUT2D eigenvalue weighted by molar-refractivity contribution is 0.0951. The number of halogens is 1. The summed E-state index contributed by atoms with van der Waals surface area (Å²) in [5.74, 6) is -0.228. The number of para-hydroxylation sites is 1. The van der Waals surface area contributed by atoms with E-state index in [2.05, 4.69) is 15.6 Å². The smallest absolute Gasteiger partial charge is 0.255 e. The molecule has 0 fully saturated rings. The van der Waals surface area contributed by atoms with Gasteiger partial charge in [0.05, 0.1) is 30.5 Å². The van der Waals surface area contributed by atoms with Crippen LogP contribution in [0.25, 0.3) is 16.9 Å². The molecule has 1 N–H and O–H groups in total. The standard InChI is InChI=1S/C26H21ClN6O/c27-21-13-11-19(12-14-21)16-32-17-22(29-31-32)15-28-26(34)24-18-33(23-9-5-2-6-10-23)30-25(24)20-7-3-1-4-8-20/h1-14,17-18H,15-16H2,(H,28,34). The zero-order chi connectivity index (χ0) is 23.3. The maximum atomic E-state index is 13.2. The number of nitrogens with zero attached hydrogens (tertiary/aromatic N) is 5. The Balaban J connectivity index is 1.33. The number of carbonyl (C=O) groups excluding carboxylic acids is 1. The van der Waals surface area contributed by atoms with Gasteiger partial charge in [-0.2, -0.15) is 5.10 Å². The van der Waals surface area contributed by atoms with E-state index in [0.29, 0.717) is 28.5 Å². The van der Waals surface area contributed by atoms with Crippen molar-refractivity contribution in [3.05, 3.63) is 119 Å². The van der Waals surface area contributed by atoms with Crippen LogP contribution in [0.3, 0.4) is 0 Å². The summed E-state index contributed by atoms with van der Waals surface area (Å²) in [6.45, 7) is 0.824. The molecular formula is C26H21ClN6O. The lowest BCUT2D eigenvalue weighted by Crippen LogP contribution is -2.23. The molecule has 168 valence electrons. The van der Waals surface area contributed by atoms with E-state index in [1.165, 1.54) is 0 Å². The van der Waals surface area contributed by atoms with Crippen LogP contribution in [0, 0.1) is 0 Å². The maximum Gasteiger partial charge on any atom is 0.255 e. The quantitative estimate of drug-likeness (QED) is 0.373. The van der Waals surface area contributed by atoms with Gasteiger partial charge in [-0.3, -0.25) is 4.79 Å². The van der Waals surface area contributed by atoms with Crippen LogP contribution in [0.15, 0.2) is 97.3 Å². The highest BCUT2D eigenvalue weighted by Gasteiger charge is 2.19. The van der Waals surface area contributed by atoms with E-state index in [1.54, 1.807) is 15.6 Å². The molecule has 0 aliphatic heterocycles. The molecule has 7 nitrogen and oxygen atoms in total. The molecule has 0 unspecified atom stereocenters. The Morgan fingerprint density at radius 2 is 1.59 bits per heavy atom. The molecule has 0 aliphatic rings. The number of rotatable bonds is 7. The van der Waals surface area contributed by atoms with Crippen LogP contribution in [0.5, 0.6) is 0 Å². The van der Waals surface area contributed by atoms with Crippen LogP contribution >= 0.6 is 11.6 Å². The van der Waals surface area contributed by atoms with Crippen molar-refractivity contribution in [1.29, 1.82) is 0 Å². The molecule has 0 spiro atoms. The summed E-state index contributed by atoms with van der Waals surface area (Å²) in [5.41, 5.74) is 4.59. The molecule has 5 rings (SSSR count). The molecule has 2 aromatic heterocycles. The van der Waals surface area contributed by atoms with E-state index >= 15 is 0 Å². The van der Waals surface area contributed by atoms with E-state index in [4.69, 9.17) is 16.7 Å². The average molecular weight is 469 g/mol. The van der Waals surface area contributed by atoms with Gasteiger partial charge in [-0.15, -0.1) is 5.10 Å². The van der Waals surface area contributed by atoms with Gasteiger partial charge >= 0.3 is 0 Å². The summed E-state index contributed by atoms with van der Waals surface area (Å²) in [5, 5.41) is 16.7. The van der Waals surface area contributed by atoms with Gasteiger partial charge in [0.25, 0.3) is 5.91 Å². The second kappa shape index (κ2) is 9.72. The Labute approximate surface area is 201 Å². The molecule has 0 aliphatic carbocycles. The van der Waals surface area contributed by atoms with Crippen molar-refractivity contribution in [2.24, 2.45) is 0 Å². The van der Waals surface area contributed by atoms with E-state index in [0.717, 1.165) is 16.8 Å². The van der Waals surface area contributed by atoms with Crippen LogP contribution in [0.1, 0.15) is 21.6 Å². The topological polar surface area (TPSA) is 77.6 Å². The minimum atomic E-state index is -0.228. The summed E-state index contributed by atoms with van der Waals surface area (Å²) in [6, 6.07) is 27.0. The highest BCUT2D eigenvalue weighted by molar-refractivity contribution is 6.30. The van der Waals surface area contributed by atoms with Gasteiger partial charge in [-0.25, -0.2) is 9.36 Å². The van der Waals surface area contributed by atoms with E-state index in [-0.39, 0.29) is 12.5 Å². The zero-order valence-electron chi connectivity index (χ0n) is 18.2. The second-order valence-electron chi connectivity index (χ2n) is 7.75. The van der Waals surface area contributed by atoms with Gasteiger partial charge in [0.1, 0.15) is 11.4 Å². The van der Waals surface area contributed by atoms with Crippen molar-refractivity contribution in [2.45, 2.75) is 13.1 Å². The highest BCUT2D eigenvalue weighted by Crippen LogP contribution is 2.23. The van der Waals surface area contributed by atoms with Crippen LogP contribution in [0.4, 0.5) is 0 Å². The fraction of sp³-hybridized carbons (Fsp3) is 0.0769. The fourth-order valence-electron chi connectivity index (χ4n) is 3.60. The summed E-state index contributed by atoms with van der Waals surface area (Å²) >= 11 is 5.95. The van der Waals surface area contributed by atoms with Gasteiger partial charge < -0.3 is 5.32 Å². The number of carbonyl (C=O) groups is 1. The second-order valence-corrected chi connectivity index (χ2v) is 8.19. The van der Waals surface area contributed by atoms with Gasteiger partial charge in [-0.1, -0.05) is 77.5 Å². The molecule has 3 aromatic carbocycles. The molecule has 1 amide bonds. The number of hydrogen-bond donors (Lipinski definition) is 1. The van der Waals surface area contributed by atoms with E-state index < -0.39 is 0 Å². The third kappa shape index (κ3) is 4.89. The Kier molecular flexibility index (Phi) is 6.18. The molecule has 0 atom stereocenters. The first-order chi connectivity index (χ1) is 16.7. The Morgan fingerprint density at radius 3 is 2.32 bits per heavy atom. The zero-order valence-corrected chi connectivity index (χ0v) is 18.9.